The predicted octanol–water partition coefficient (Wildman–Crippen LogP) is 1.65. The minimum Gasteiger partial charge on any atom is -0.479 e. The first-order valence-electron chi connectivity index (χ1n) is 7.05. The Labute approximate surface area is 146 Å². The van der Waals surface area contributed by atoms with Gasteiger partial charge in [-0.15, -0.1) is 0 Å². The number of anilines is 1. The number of carboxylic acids is 1. The van der Waals surface area contributed by atoms with Gasteiger partial charge in [-0.1, -0.05) is 28.1 Å². The number of benzene rings is 1. The van der Waals surface area contributed by atoms with Crippen molar-refractivity contribution in [2.24, 2.45) is 0 Å². The van der Waals surface area contributed by atoms with Gasteiger partial charge in [0, 0.05) is 10.5 Å². The van der Waals surface area contributed by atoms with Crippen molar-refractivity contribution in [1.82, 2.24) is 15.1 Å². The van der Waals surface area contributed by atoms with E-state index in [1.54, 1.807) is 16.9 Å². The molecule has 2 rings (SSSR count). The first kappa shape index (κ1) is 18.0. The van der Waals surface area contributed by atoms with Crippen LogP contribution in [0.4, 0.5) is 10.6 Å². The molecule has 2 amide bonds. The van der Waals surface area contributed by atoms with Crippen molar-refractivity contribution < 1.29 is 19.8 Å². The maximum atomic E-state index is 11.9. The fraction of sp³-hybridized carbons (Fsp3) is 0.267. The van der Waals surface area contributed by atoms with Crippen LogP contribution < -0.4 is 10.6 Å². The normalized spacial score (nSPS) is 13.1. The number of carbonyl (C=O) groups is 2. The van der Waals surface area contributed by atoms with Crippen molar-refractivity contribution in [3.63, 3.8) is 0 Å². The summed E-state index contributed by atoms with van der Waals surface area (Å²) in [5.74, 6) is -0.964. The summed E-state index contributed by atoms with van der Waals surface area (Å²) in [5.41, 5.74) is -1.03. The molecule has 0 aliphatic rings. The summed E-state index contributed by atoms with van der Waals surface area (Å²) in [6.07, 6.45) is 1.54. The summed E-state index contributed by atoms with van der Waals surface area (Å²) >= 11 is 3.36. The molecule has 128 valence electrons. The lowest BCUT2D eigenvalue weighted by Crippen LogP contribution is -2.47. The van der Waals surface area contributed by atoms with Crippen LogP contribution in [-0.4, -0.2) is 44.1 Å². The lowest BCUT2D eigenvalue weighted by molar-refractivity contribution is -0.155. The van der Waals surface area contributed by atoms with Crippen LogP contribution in [0.15, 0.2) is 41.0 Å². The third-order valence-corrected chi connectivity index (χ3v) is 3.79. The van der Waals surface area contributed by atoms with Gasteiger partial charge in [-0.05, 0) is 24.6 Å². The highest BCUT2D eigenvalue weighted by Gasteiger charge is 2.30. The van der Waals surface area contributed by atoms with Crippen molar-refractivity contribution in [3.05, 3.63) is 46.6 Å². The highest BCUT2D eigenvalue weighted by Crippen LogP contribution is 2.14. The summed E-state index contributed by atoms with van der Waals surface area (Å²) in [7, 11) is 0. The fourth-order valence-corrected chi connectivity index (χ4v) is 2.08. The topological polar surface area (TPSA) is 116 Å². The SMILES string of the molecule is CC(O)(CNC(=O)Nc1ccnn1Cc1ccc(Br)cc1)C(=O)O. The molecule has 0 spiro atoms. The molecule has 0 aliphatic carbocycles. The van der Waals surface area contributed by atoms with Crippen LogP contribution in [0.5, 0.6) is 0 Å². The van der Waals surface area contributed by atoms with Gasteiger partial charge in [0.2, 0.25) is 0 Å². The molecule has 4 N–H and O–H groups in total. The number of rotatable bonds is 6. The Morgan fingerprint density at radius 2 is 1.96 bits per heavy atom. The third-order valence-electron chi connectivity index (χ3n) is 3.26. The molecule has 1 aromatic heterocycles. The van der Waals surface area contributed by atoms with Gasteiger partial charge < -0.3 is 15.5 Å². The number of aliphatic carboxylic acids is 1. The minimum atomic E-state index is -2.03. The Morgan fingerprint density at radius 3 is 2.58 bits per heavy atom. The summed E-state index contributed by atoms with van der Waals surface area (Å²) in [6.45, 7) is 1.14. The third kappa shape index (κ3) is 4.80. The maximum absolute atomic E-state index is 11.9. The quantitative estimate of drug-likeness (QED) is 0.592. The molecular formula is C15H17BrN4O4. The number of hydrogen-bond acceptors (Lipinski definition) is 4. The molecule has 0 saturated carbocycles. The monoisotopic (exact) mass is 396 g/mol. The highest BCUT2D eigenvalue weighted by atomic mass is 79.9. The molecule has 1 atom stereocenters. The second-order valence-electron chi connectivity index (χ2n) is 5.39. The molecule has 0 radical (unpaired) electrons. The van der Waals surface area contributed by atoms with E-state index in [9.17, 15) is 14.7 Å². The molecule has 24 heavy (non-hydrogen) atoms. The smallest absolute Gasteiger partial charge is 0.337 e. The van der Waals surface area contributed by atoms with E-state index in [2.05, 4.69) is 31.7 Å². The molecule has 0 fully saturated rings. The lowest BCUT2D eigenvalue weighted by Gasteiger charge is -2.18. The van der Waals surface area contributed by atoms with Crippen LogP contribution in [0.25, 0.3) is 0 Å². The Bertz CT molecular complexity index is 727. The standard InChI is InChI=1S/C15H17BrN4O4/c1-15(24,13(21)22)9-17-14(23)19-12-6-7-18-20(12)8-10-2-4-11(16)5-3-10/h2-7,24H,8-9H2,1H3,(H,21,22)(H2,17,19,23). The zero-order valence-corrected chi connectivity index (χ0v) is 14.4. The number of nitrogens with one attached hydrogen (secondary N) is 2. The van der Waals surface area contributed by atoms with E-state index in [4.69, 9.17) is 5.11 Å². The minimum absolute atomic E-state index is 0.422. The van der Waals surface area contributed by atoms with E-state index < -0.39 is 24.1 Å². The van der Waals surface area contributed by atoms with E-state index >= 15 is 0 Å². The van der Waals surface area contributed by atoms with Crippen LogP contribution in [-0.2, 0) is 11.3 Å². The van der Waals surface area contributed by atoms with Gasteiger partial charge in [0.15, 0.2) is 5.60 Å². The van der Waals surface area contributed by atoms with Crippen LogP contribution in [0.2, 0.25) is 0 Å². The van der Waals surface area contributed by atoms with Gasteiger partial charge in [0.25, 0.3) is 0 Å². The Morgan fingerprint density at radius 1 is 1.29 bits per heavy atom. The second-order valence-corrected chi connectivity index (χ2v) is 6.30. The van der Waals surface area contributed by atoms with Crippen LogP contribution in [0.3, 0.4) is 0 Å². The number of aliphatic hydroxyl groups is 1. The number of hydrogen-bond donors (Lipinski definition) is 4. The average molecular weight is 397 g/mol. The zero-order valence-electron chi connectivity index (χ0n) is 12.9. The molecular weight excluding hydrogens is 380 g/mol. The number of carbonyl (C=O) groups excluding carboxylic acids is 1. The highest BCUT2D eigenvalue weighted by molar-refractivity contribution is 9.10. The van der Waals surface area contributed by atoms with Gasteiger partial charge in [-0.3, -0.25) is 5.32 Å². The molecule has 9 heteroatoms. The van der Waals surface area contributed by atoms with Crippen LogP contribution in [0, 0.1) is 0 Å². The van der Waals surface area contributed by atoms with Crippen LogP contribution >= 0.6 is 15.9 Å². The van der Waals surface area contributed by atoms with Crippen molar-refractivity contribution in [2.75, 3.05) is 11.9 Å². The Hall–Kier alpha value is -2.39. The molecule has 0 aliphatic heterocycles. The fourth-order valence-electron chi connectivity index (χ4n) is 1.82. The number of nitrogens with zero attached hydrogens (tertiary/aromatic N) is 2. The predicted molar refractivity (Wildman–Crippen MR) is 90.8 cm³/mol. The second kappa shape index (κ2) is 7.45. The summed E-state index contributed by atoms with van der Waals surface area (Å²) in [6, 6.07) is 8.67. The van der Waals surface area contributed by atoms with E-state index in [1.165, 1.54) is 0 Å². The number of halogens is 1. The first-order chi connectivity index (χ1) is 11.3. The Balaban J connectivity index is 1.96. The summed E-state index contributed by atoms with van der Waals surface area (Å²) < 4.78 is 2.56. The number of amides is 2. The zero-order chi connectivity index (χ0) is 17.7. The van der Waals surface area contributed by atoms with Crippen molar-refractivity contribution in [2.45, 2.75) is 19.1 Å². The van der Waals surface area contributed by atoms with E-state index in [0.717, 1.165) is 17.0 Å². The van der Waals surface area contributed by atoms with Gasteiger partial charge in [-0.25, -0.2) is 14.3 Å². The number of carboxylic acid groups (broad SMARTS) is 1. The molecule has 8 nitrogen and oxygen atoms in total. The molecule has 0 saturated heterocycles. The van der Waals surface area contributed by atoms with Crippen molar-refractivity contribution in [3.8, 4) is 0 Å². The number of aromatic nitrogens is 2. The molecule has 2 aromatic rings. The molecule has 1 aromatic carbocycles. The summed E-state index contributed by atoms with van der Waals surface area (Å²) in [4.78, 5) is 22.6. The maximum Gasteiger partial charge on any atom is 0.337 e. The summed E-state index contributed by atoms with van der Waals surface area (Å²) in [5, 5.41) is 27.4. The van der Waals surface area contributed by atoms with E-state index in [1.807, 2.05) is 24.3 Å². The van der Waals surface area contributed by atoms with Gasteiger partial charge in [0.1, 0.15) is 5.82 Å². The van der Waals surface area contributed by atoms with Gasteiger partial charge in [0.05, 0.1) is 19.3 Å². The van der Waals surface area contributed by atoms with Gasteiger partial charge >= 0.3 is 12.0 Å². The van der Waals surface area contributed by atoms with E-state index in [-0.39, 0.29) is 0 Å². The van der Waals surface area contributed by atoms with E-state index in [0.29, 0.717) is 12.4 Å². The van der Waals surface area contributed by atoms with Crippen LogP contribution in [0.1, 0.15) is 12.5 Å². The Kier molecular flexibility index (Phi) is 5.58. The average Bonchev–Trinajstić information content (AvgIpc) is 2.94. The van der Waals surface area contributed by atoms with Gasteiger partial charge in [-0.2, -0.15) is 5.10 Å². The molecule has 1 unspecified atom stereocenters. The first-order valence-corrected chi connectivity index (χ1v) is 7.84. The number of urea groups is 1. The largest absolute Gasteiger partial charge is 0.479 e. The van der Waals surface area contributed by atoms with Crippen molar-refractivity contribution >= 4 is 33.7 Å². The molecule has 0 bridgehead atoms. The molecule has 1 heterocycles. The van der Waals surface area contributed by atoms with Crippen molar-refractivity contribution in [1.29, 1.82) is 0 Å². The lowest BCUT2D eigenvalue weighted by atomic mass is 10.1.